The second-order valence-corrected chi connectivity index (χ2v) is 10.4. The number of hydrazone groups is 1. The molecule has 38 heavy (non-hydrogen) atoms. The summed E-state index contributed by atoms with van der Waals surface area (Å²) in [5, 5.41) is 26.5. The first kappa shape index (κ1) is 31.0. The van der Waals surface area contributed by atoms with E-state index >= 15 is 0 Å². The number of ether oxygens (including phenoxy) is 1. The minimum absolute atomic E-state index is 0.0681. The van der Waals surface area contributed by atoms with Crippen LogP contribution in [0, 0.1) is 18.3 Å². The Morgan fingerprint density at radius 1 is 1.32 bits per heavy atom. The number of anilines is 2. The van der Waals surface area contributed by atoms with Crippen molar-refractivity contribution in [3.8, 4) is 0 Å². The highest BCUT2D eigenvalue weighted by molar-refractivity contribution is 7.20. The lowest BCUT2D eigenvalue weighted by Gasteiger charge is -2.38. The van der Waals surface area contributed by atoms with Crippen molar-refractivity contribution in [1.82, 2.24) is 10.2 Å². The molecule has 1 aromatic heterocycles. The summed E-state index contributed by atoms with van der Waals surface area (Å²) in [6.07, 6.45) is 2.95. The Hall–Kier alpha value is -3.25. The van der Waals surface area contributed by atoms with Gasteiger partial charge in [0.15, 0.2) is 0 Å². The maximum absolute atomic E-state index is 13.9. The molecule has 4 N–H and O–H groups in total. The molecule has 210 valence electrons. The number of rotatable bonds is 13. The number of nitrogens with one attached hydrogen (secondary N) is 3. The summed E-state index contributed by atoms with van der Waals surface area (Å²) in [7, 11) is 1.48. The number of carbonyl (C=O) groups is 2. The van der Waals surface area contributed by atoms with Gasteiger partial charge in [-0.05, 0) is 26.8 Å². The lowest BCUT2D eigenvalue weighted by molar-refractivity contribution is -0.124. The van der Waals surface area contributed by atoms with Gasteiger partial charge in [0.1, 0.15) is 15.8 Å². The number of fused-ring (bicyclic) bond motifs is 1. The van der Waals surface area contributed by atoms with E-state index in [0.717, 1.165) is 6.21 Å². The topological polar surface area (TPSA) is 130 Å². The molecule has 12 heteroatoms. The Morgan fingerprint density at radius 3 is 2.55 bits per heavy atom. The summed E-state index contributed by atoms with van der Waals surface area (Å²) in [4.78, 5) is 29.3. The van der Waals surface area contributed by atoms with Crippen molar-refractivity contribution in [1.29, 1.82) is 5.41 Å². The number of nitrogens with zero attached hydrogens (tertiary/aromatic N) is 3. The number of aliphatic hydroxyl groups is 1. The predicted molar refractivity (Wildman–Crippen MR) is 151 cm³/mol. The van der Waals surface area contributed by atoms with Gasteiger partial charge in [-0.25, -0.2) is 4.39 Å². The van der Waals surface area contributed by atoms with E-state index < -0.39 is 11.9 Å². The zero-order chi connectivity index (χ0) is 28.6. The highest BCUT2D eigenvalue weighted by atomic mass is 32.1. The molecular formula is C26H39FN6O4S. The van der Waals surface area contributed by atoms with Crippen LogP contribution in [0.4, 0.5) is 14.4 Å². The third-order valence-electron chi connectivity index (χ3n) is 5.98. The van der Waals surface area contributed by atoms with Crippen LogP contribution >= 0.6 is 11.3 Å². The molecule has 2 amide bonds. The lowest BCUT2D eigenvalue weighted by atomic mass is 10.0. The molecule has 0 saturated carbocycles. The number of amides is 2. The lowest BCUT2D eigenvalue weighted by Crippen LogP contribution is -2.53. The Kier molecular flexibility index (Phi) is 11.5. The summed E-state index contributed by atoms with van der Waals surface area (Å²) in [5.41, 5.74) is 4.36. The number of methoxy groups -OCH3 is 1. The minimum Gasteiger partial charge on any atom is -0.501 e. The maximum Gasteiger partial charge on any atom is 0.258 e. The molecule has 0 fully saturated rings. The predicted octanol–water partition coefficient (Wildman–Crippen LogP) is 4.03. The van der Waals surface area contributed by atoms with Gasteiger partial charge in [-0.15, -0.1) is 0 Å². The molecule has 2 atom stereocenters. The molecule has 1 aliphatic rings. The van der Waals surface area contributed by atoms with Gasteiger partial charge in [0.2, 0.25) is 5.91 Å². The third-order valence-corrected chi connectivity index (χ3v) is 7.23. The second kappa shape index (κ2) is 14.1. The zero-order valence-corrected chi connectivity index (χ0v) is 23.9. The van der Waals surface area contributed by atoms with Gasteiger partial charge >= 0.3 is 0 Å². The first-order chi connectivity index (χ1) is 17.9. The Morgan fingerprint density at radius 2 is 2.00 bits per heavy atom. The van der Waals surface area contributed by atoms with E-state index in [2.05, 4.69) is 15.8 Å². The highest BCUT2D eigenvalue weighted by Crippen LogP contribution is 2.43. The first-order valence-electron chi connectivity index (χ1n) is 12.5. The van der Waals surface area contributed by atoms with Crippen molar-refractivity contribution in [2.75, 3.05) is 37.2 Å². The zero-order valence-electron chi connectivity index (χ0n) is 23.1. The molecule has 0 bridgehead atoms. The summed E-state index contributed by atoms with van der Waals surface area (Å²) in [5.74, 6) is -0.485. The van der Waals surface area contributed by atoms with Crippen LogP contribution < -0.4 is 15.6 Å². The second-order valence-electron chi connectivity index (χ2n) is 9.43. The molecule has 0 aliphatic carbocycles. The molecule has 10 nitrogen and oxygen atoms in total. The van der Waals surface area contributed by atoms with Crippen molar-refractivity contribution >= 4 is 45.6 Å². The Labute approximate surface area is 227 Å². The van der Waals surface area contributed by atoms with E-state index in [1.807, 2.05) is 18.7 Å². The van der Waals surface area contributed by atoms with Crippen molar-refractivity contribution in [3.63, 3.8) is 0 Å². The van der Waals surface area contributed by atoms with Crippen LogP contribution in [0.2, 0.25) is 0 Å². The van der Waals surface area contributed by atoms with E-state index in [9.17, 15) is 19.1 Å². The van der Waals surface area contributed by atoms with Gasteiger partial charge in [0.05, 0.1) is 44.0 Å². The number of hydrogen-bond donors (Lipinski definition) is 4. The number of β-amino-alcohol motifs (C(OH)–C–C–N with tert-alkyl or cyclic N) is 1. The van der Waals surface area contributed by atoms with Crippen molar-refractivity contribution in [2.45, 2.75) is 60.1 Å². The summed E-state index contributed by atoms with van der Waals surface area (Å²) >= 11 is 1.31. The van der Waals surface area contributed by atoms with Crippen LogP contribution in [0.25, 0.3) is 0 Å². The average Bonchev–Trinajstić information content (AvgIpc) is 3.18. The molecule has 0 aromatic carbocycles. The van der Waals surface area contributed by atoms with Crippen molar-refractivity contribution in [3.05, 3.63) is 34.4 Å². The van der Waals surface area contributed by atoms with Crippen LogP contribution in [0.3, 0.4) is 0 Å². The van der Waals surface area contributed by atoms with Crippen LogP contribution in [-0.4, -0.2) is 73.3 Å². The van der Waals surface area contributed by atoms with Crippen LogP contribution in [0.1, 0.15) is 57.0 Å². The number of hydrogen-bond acceptors (Lipinski definition) is 9. The van der Waals surface area contributed by atoms with Gasteiger partial charge < -0.3 is 30.4 Å². The number of aliphatic hydroxyl groups excluding tert-OH is 1. The quantitative estimate of drug-likeness (QED) is 0.127. The van der Waals surface area contributed by atoms with E-state index in [1.54, 1.807) is 25.7 Å². The van der Waals surface area contributed by atoms with Gasteiger partial charge in [0.25, 0.3) is 5.91 Å². The maximum atomic E-state index is 13.9. The monoisotopic (exact) mass is 550 g/mol. The molecule has 1 aromatic rings. The van der Waals surface area contributed by atoms with E-state index in [1.165, 1.54) is 37.7 Å². The minimum atomic E-state index is -1.11. The number of carbonyl (C=O) groups excluding carboxylic acids is 2. The molecule has 0 spiro atoms. The summed E-state index contributed by atoms with van der Waals surface area (Å²) in [6, 6.07) is -0.302. The molecule has 2 rings (SSSR count). The van der Waals surface area contributed by atoms with Gasteiger partial charge in [-0.2, -0.15) is 5.10 Å². The highest BCUT2D eigenvalue weighted by Gasteiger charge is 2.36. The van der Waals surface area contributed by atoms with E-state index in [-0.39, 0.29) is 43.5 Å². The van der Waals surface area contributed by atoms with E-state index in [0.29, 0.717) is 38.9 Å². The third kappa shape index (κ3) is 7.64. The SMILES string of the molecule is CC/C(OC)=C(\C=C(/C)F)C(O)CN1CN(C[C@H](C)NC(=O)C(C)C)C(=O)c2c1sc(N/N=C\C=N)c2C. The number of halogens is 1. The standard InChI is InChI=1S/C26H39FN6O4S/c1-8-21(37-7)19(11-16(4)27)20(34)13-33-14-32(12-17(5)30-23(35)15(2)3)25(36)22-18(6)24(38-26(22)33)31-29-10-9-28/h9-11,15,17,20,28,31,34H,8,12-14H2,1-7H3,(H,30,35)/b16-11+,21-19-,28-9?,29-10-/t17-,20?/m0/s1. The smallest absolute Gasteiger partial charge is 0.258 e. The molecule has 0 saturated heterocycles. The molecular weight excluding hydrogens is 511 g/mol. The molecule has 1 aliphatic heterocycles. The van der Waals surface area contributed by atoms with Gasteiger partial charge in [0, 0.05) is 42.3 Å². The fourth-order valence-corrected chi connectivity index (χ4v) is 5.27. The molecule has 0 radical (unpaired) electrons. The largest absolute Gasteiger partial charge is 0.501 e. The Bertz CT molecular complexity index is 1100. The van der Waals surface area contributed by atoms with Crippen LogP contribution in [0.5, 0.6) is 0 Å². The Balaban J connectivity index is 2.48. The first-order valence-corrected chi connectivity index (χ1v) is 13.3. The average molecular weight is 551 g/mol. The molecule has 2 heterocycles. The fraction of sp³-hybridized carbons (Fsp3) is 0.538. The van der Waals surface area contributed by atoms with Crippen molar-refractivity contribution in [2.24, 2.45) is 11.0 Å². The number of thiophene rings is 1. The fourth-order valence-electron chi connectivity index (χ4n) is 4.12. The van der Waals surface area contributed by atoms with Crippen LogP contribution in [-0.2, 0) is 9.53 Å². The summed E-state index contributed by atoms with van der Waals surface area (Å²) < 4.78 is 19.3. The van der Waals surface area contributed by atoms with Gasteiger partial charge in [-0.3, -0.25) is 15.0 Å². The van der Waals surface area contributed by atoms with Gasteiger partial charge in [-0.1, -0.05) is 32.1 Å². The normalized spacial score (nSPS) is 16.4. The van der Waals surface area contributed by atoms with Crippen LogP contribution in [0.15, 0.2) is 28.3 Å². The molecule has 1 unspecified atom stereocenters. The van der Waals surface area contributed by atoms with Crippen molar-refractivity contribution < 1.29 is 23.8 Å². The number of allylic oxidation sites excluding steroid dienone is 2. The summed E-state index contributed by atoms with van der Waals surface area (Å²) in [6.45, 7) is 10.9. The van der Waals surface area contributed by atoms with E-state index in [4.69, 9.17) is 10.1 Å².